The highest BCUT2D eigenvalue weighted by Gasteiger charge is 2.44. The van der Waals surface area contributed by atoms with Crippen LogP contribution in [0.2, 0.25) is 0 Å². The van der Waals surface area contributed by atoms with Gasteiger partial charge in [0.25, 0.3) is 0 Å². The van der Waals surface area contributed by atoms with Crippen molar-refractivity contribution in [2.75, 3.05) is 6.61 Å². The lowest BCUT2D eigenvalue weighted by Gasteiger charge is -2.22. The third kappa shape index (κ3) is 2.33. The lowest BCUT2D eigenvalue weighted by Crippen LogP contribution is -2.28. The van der Waals surface area contributed by atoms with Crippen molar-refractivity contribution in [3.63, 3.8) is 0 Å². The van der Waals surface area contributed by atoms with Crippen molar-refractivity contribution in [2.45, 2.75) is 44.0 Å². The summed E-state index contributed by atoms with van der Waals surface area (Å²) in [6, 6.07) is 9.43. The highest BCUT2D eigenvalue weighted by atomic mass is 16.7. The summed E-state index contributed by atoms with van der Waals surface area (Å²) in [4.78, 5) is 12.1. The average molecular weight is 246 g/mol. The third-order valence-corrected chi connectivity index (χ3v) is 3.80. The van der Waals surface area contributed by atoms with Crippen molar-refractivity contribution in [1.29, 1.82) is 0 Å². The molecule has 1 aromatic rings. The average Bonchev–Trinajstić information content (AvgIpc) is 3.02. The van der Waals surface area contributed by atoms with Crippen molar-refractivity contribution in [3.8, 4) is 0 Å². The molecule has 3 heteroatoms. The van der Waals surface area contributed by atoms with Gasteiger partial charge in [-0.2, -0.15) is 0 Å². The number of rotatable bonds is 3. The minimum atomic E-state index is -0.359. The molecule has 2 atom stereocenters. The first-order valence-corrected chi connectivity index (χ1v) is 6.67. The second kappa shape index (κ2) is 4.82. The Bertz CT molecular complexity index is 421. The van der Waals surface area contributed by atoms with Crippen LogP contribution >= 0.6 is 0 Å². The zero-order valence-electron chi connectivity index (χ0n) is 10.4. The lowest BCUT2D eigenvalue weighted by molar-refractivity contribution is -0.197. The van der Waals surface area contributed by atoms with Crippen molar-refractivity contribution >= 4 is 5.78 Å². The van der Waals surface area contributed by atoms with Gasteiger partial charge in [-0.3, -0.25) is 4.79 Å². The Morgan fingerprint density at radius 3 is 2.83 bits per heavy atom. The number of hydrogen-bond acceptors (Lipinski definition) is 3. The molecule has 0 aliphatic carbocycles. The van der Waals surface area contributed by atoms with Gasteiger partial charge in [0, 0.05) is 24.8 Å². The summed E-state index contributed by atoms with van der Waals surface area (Å²) < 4.78 is 11.6. The van der Waals surface area contributed by atoms with Gasteiger partial charge in [0.2, 0.25) is 0 Å². The van der Waals surface area contributed by atoms with Crippen LogP contribution in [-0.2, 0) is 9.47 Å². The minimum Gasteiger partial charge on any atom is -0.350 e. The van der Waals surface area contributed by atoms with Gasteiger partial charge in [-0.05, 0) is 12.8 Å². The molecule has 1 spiro atoms. The topological polar surface area (TPSA) is 35.5 Å². The van der Waals surface area contributed by atoms with Gasteiger partial charge < -0.3 is 9.47 Å². The van der Waals surface area contributed by atoms with E-state index in [1.165, 1.54) is 0 Å². The molecule has 0 amide bonds. The SMILES string of the molecule is O=C(C[C@H]1CCC2(CCCO2)O1)c1ccccc1. The van der Waals surface area contributed by atoms with Crippen molar-refractivity contribution < 1.29 is 14.3 Å². The maximum atomic E-state index is 12.1. The fourth-order valence-electron chi connectivity index (χ4n) is 2.86. The predicted octanol–water partition coefficient (Wildman–Crippen LogP) is 2.95. The first-order chi connectivity index (χ1) is 8.77. The maximum Gasteiger partial charge on any atom is 0.168 e. The van der Waals surface area contributed by atoms with E-state index in [1.54, 1.807) is 0 Å². The number of Topliss-reactive ketones (excluding diaryl/α,β-unsaturated/α-hetero) is 1. The molecule has 18 heavy (non-hydrogen) atoms. The van der Waals surface area contributed by atoms with Gasteiger partial charge in [0.15, 0.2) is 11.6 Å². The molecule has 2 saturated heterocycles. The van der Waals surface area contributed by atoms with Gasteiger partial charge in [-0.1, -0.05) is 30.3 Å². The summed E-state index contributed by atoms with van der Waals surface area (Å²) >= 11 is 0. The number of ether oxygens (including phenoxy) is 2. The molecule has 1 aromatic carbocycles. The molecule has 96 valence electrons. The molecule has 0 saturated carbocycles. The molecule has 0 radical (unpaired) electrons. The number of carbonyl (C=O) groups excluding carboxylic acids is 1. The number of carbonyl (C=O) groups is 1. The molecule has 0 aromatic heterocycles. The predicted molar refractivity (Wildman–Crippen MR) is 67.4 cm³/mol. The molecule has 3 nitrogen and oxygen atoms in total. The zero-order chi connectivity index (χ0) is 12.4. The van der Waals surface area contributed by atoms with Crippen LogP contribution in [-0.4, -0.2) is 24.3 Å². The first-order valence-electron chi connectivity index (χ1n) is 6.67. The standard InChI is InChI=1S/C15H18O3/c16-14(12-5-2-1-3-6-12)11-13-7-9-15(18-13)8-4-10-17-15/h1-3,5-6,13H,4,7-11H2/t13-,15?/m1/s1. The fraction of sp³-hybridized carbons (Fsp3) is 0.533. The van der Waals surface area contributed by atoms with Crippen molar-refractivity contribution in [1.82, 2.24) is 0 Å². The summed E-state index contributed by atoms with van der Waals surface area (Å²) in [6.07, 6.45) is 4.39. The Balaban J connectivity index is 1.60. The Hall–Kier alpha value is -1.19. The van der Waals surface area contributed by atoms with Crippen LogP contribution in [0.4, 0.5) is 0 Å². The van der Waals surface area contributed by atoms with Gasteiger partial charge in [-0.25, -0.2) is 0 Å². The van der Waals surface area contributed by atoms with Crippen LogP contribution < -0.4 is 0 Å². The zero-order valence-corrected chi connectivity index (χ0v) is 10.4. The van der Waals surface area contributed by atoms with E-state index in [0.717, 1.165) is 37.9 Å². The Labute approximate surface area is 107 Å². The van der Waals surface area contributed by atoms with Gasteiger partial charge in [-0.15, -0.1) is 0 Å². The summed E-state index contributed by atoms with van der Waals surface area (Å²) in [7, 11) is 0. The summed E-state index contributed by atoms with van der Waals surface area (Å²) in [6.45, 7) is 0.791. The maximum absolute atomic E-state index is 12.1. The van der Waals surface area contributed by atoms with E-state index in [-0.39, 0.29) is 17.7 Å². The number of hydrogen-bond donors (Lipinski definition) is 0. The number of ketones is 1. The highest BCUT2D eigenvalue weighted by molar-refractivity contribution is 5.96. The van der Waals surface area contributed by atoms with E-state index in [9.17, 15) is 4.79 Å². The Kier molecular flexibility index (Phi) is 3.18. The van der Waals surface area contributed by atoms with Crippen LogP contribution in [0.25, 0.3) is 0 Å². The smallest absolute Gasteiger partial charge is 0.168 e. The molecule has 1 unspecified atom stereocenters. The van der Waals surface area contributed by atoms with Gasteiger partial charge >= 0.3 is 0 Å². The molecule has 0 N–H and O–H groups in total. The van der Waals surface area contributed by atoms with E-state index < -0.39 is 0 Å². The van der Waals surface area contributed by atoms with Crippen LogP contribution in [0.15, 0.2) is 30.3 Å². The van der Waals surface area contributed by atoms with Gasteiger partial charge in [0.05, 0.1) is 12.7 Å². The van der Waals surface area contributed by atoms with E-state index in [4.69, 9.17) is 9.47 Å². The van der Waals surface area contributed by atoms with E-state index in [2.05, 4.69) is 0 Å². The van der Waals surface area contributed by atoms with E-state index in [1.807, 2.05) is 30.3 Å². The quantitative estimate of drug-likeness (QED) is 0.769. The normalized spacial score (nSPS) is 31.0. The molecule has 2 fully saturated rings. The van der Waals surface area contributed by atoms with Crippen LogP contribution in [0, 0.1) is 0 Å². The second-order valence-electron chi connectivity index (χ2n) is 5.13. The largest absolute Gasteiger partial charge is 0.350 e. The van der Waals surface area contributed by atoms with E-state index in [0.29, 0.717) is 6.42 Å². The molecule has 0 bridgehead atoms. The molecule has 2 aliphatic rings. The lowest BCUT2D eigenvalue weighted by atomic mass is 10.0. The van der Waals surface area contributed by atoms with Crippen LogP contribution in [0.5, 0.6) is 0 Å². The number of benzene rings is 1. The second-order valence-corrected chi connectivity index (χ2v) is 5.13. The molecular formula is C15H18O3. The van der Waals surface area contributed by atoms with Crippen molar-refractivity contribution in [3.05, 3.63) is 35.9 Å². The van der Waals surface area contributed by atoms with E-state index >= 15 is 0 Å². The minimum absolute atomic E-state index is 0.0239. The molecular weight excluding hydrogens is 228 g/mol. The Morgan fingerprint density at radius 1 is 1.28 bits per heavy atom. The molecule has 3 rings (SSSR count). The van der Waals surface area contributed by atoms with Crippen molar-refractivity contribution in [2.24, 2.45) is 0 Å². The first kappa shape index (κ1) is 11.9. The third-order valence-electron chi connectivity index (χ3n) is 3.80. The monoisotopic (exact) mass is 246 g/mol. The molecule has 2 heterocycles. The fourth-order valence-corrected chi connectivity index (χ4v) is 2.86. The Morgan fingerprint density at radius 2 is 2.11 bits per heavy atom. The summed E-state index contributed by atoms with van der Waals surface area (Å²) in [5.41, 5.74) is 0.773. The van der Waals surface area contributed by atoms with Crippen LogP contribution in [0.3, 0.4) is 0 Å². The summed E-state index contributed by atoms with van der Waals surface area (Å²) in [5, 5.41) is 0. The summed E-state index contributed by atoms with van der Waals surface area (Å²) in [5.74, 6) is -0.197. The highest BCUT2D eigenvalue weighted by Crippen LogP contribution is 2.40. The van der Waals surface area contributed by atoms with Gasteiger partial charge in [0.1, 0.15) is 0 Å². The molecule has 2 aliphatic heterocycles. The van der Waals surface area contributed by atoms with Crippen LogP contribution in [0.1, 0.15) is 42.5 Å².